The maximum atomic E-state index is 12.3. The lowest BCUT2D eigenvalue weighted by Gasteiger charge is -2.37. The molecule has 0 aromatic heterocycles. The van der Waals surface area contributed by atoms with E-state index in [0.29, 0.717) is 26.2 Å². The highest BCUT2D eigenvalue weighted by molar-refractivity contribution is 5.78. The van der Waals surface area contributed by atoms with Crippen molar-refractivity contribution in [3.63, 3.8) is 0 Å². The van der Waals surface area contributed by atoms with Crippen LogP contribution < -0.4 is 10.1 Å². The first-order valence-corrected chi connectivity index (χ1v) is 9.18. The SMILES string of the molecule is COC(=O)CC1(NC(=O)CCCCOc2cccc(C)c2)CCCOC1. The van der Waals surface area contributed by atoms with Crippen molar-refractivity contribution < 1.29 is 23.8 Å². The molecular weight excluding hydrogens is 334 g/mol. The quantitative estimate of drug-likeness (QED) is 0.539. The number of methoxy groups -OCH3 is 1. The van der Waals surface area contributed by atoms with Crippen LogP contribution in [0.25, 0.3) is 0 Å². The average molecular weight is 363 g/mol. The minimum atomic E-state index is -0.638. The summed E-state index contributed by atoms with van der Waals surface area (Å²) in [5.41, 5.74) is 0.521. The van der Waals surface area contributed by atoms with Crippen molar-refractivity contribution in [1.29, 1.82) is 0 Å². The van der Waals surface area contributed by atoms with Crippen LogP contribution in [0, 0.1) is 6.92 Å². The van der Waals surface area contributed by atoms with Crippen molar-refractivity contribution in [2.45, 2.75) is 51.0 Å². The molecule has 0 aliphatic carbocycles. The summed E-state index contributed by atoms with van der Waals surface area (Å²) in [6, 6.07) is 7.91. The number of amides is 1. The molecule has 1 heterocycles. The highest BCUT2D eigenvalue weighted by Gasteiger charge is 2.37. The first-order chi connectivity index (χ1) is 12.5. The summed E-state index contributed by atoms with van der Waals surface area (Å²) >= 11 is 0. The second-order valence-electron chi connectivity index (χ2n) is 6.86. The second kappa shape index (κ2) is 10.2. The summed E-state index contributed by atoms with van der Waals surface area (Å²) in [5, 5.41) is 3.01. The number of hydrogen-bond acceptors (Lipinski definition) is 5. The topological polar surface area (TPSA) is 73.9 Å². The van der Waals surface area contributed by atoms with Gasteiger partial charge in [0.1, 0.15) is 5.75 Å². The van der Waals surface area contributed by atoms with Gasteiger partial charge in [-0.3, -0.25) is 9.59 Å². The number of carbonyl (C=O) groups excluding carboxylic acids is 2. The van der Waals surface area contributed by atoms with E-state index in [9.17, 15) is 9.59 Å². The van der Waals surface area contributed by atoms with Crippen LogP contribution in [-0.4, -0.2) is 44.3 Å². The predicted octanol–water partition coefficient (Wildman–Crippen LogP) is 2.77. The van der Waals surface area contributed by atoms with Gasteiger partial charge in [0, 0.05) is 13.0 Å². The third-order valence-corrected chi connectivity index (χ3v) is 4.49. The molecular formula is C20H29NO5. The third-order valence-electron chi connectivity index (χ3n) is 4.49. The van der Waals surface area contributed by atoms with Crippen LogP contribution in [0.3, 0.4) is 0 Å². The molecule has 2 rings (SSSR count). The number of esters is 1. The zero-order valence-corrected chi connectivity index (χ0v) is 15.7. The maximum Gasteiger partial charge on any atom is 0.307 e. The lowest BCUT2D eigenvalue weighted by atomic mass is 9.88. The molecule has 0 saturated carbocycles. The molecule has 26 heavy (non-hydrogen) atoms. The lowest BCUT2D eigenvalue weighted by Crippen LogP contribution is -2.55. The summed E-state index contributed by atoms with van der Waals surface area (Å²) in [6.07, 6.45) is 3.62. The van der Waals surface area contributed by atoms with Crippen molar-refractivity contribution >= 4 is 11.9 Å². The highest BCUT2D eigenvalue weighted by atomic mass is 16.5. The van der Waals surface area contributed by atoms with E-state index in [1.54, 1.807) is 0 Å². The van der Waals surface area contributed by atoms with Gasteiger partial charge in [0.25, 0.3) is 0 Å². The fraction of sp³-hybridized carbons (Fsp3) is 0.600. The fourth-order valence-corrected chi connectivity index (χ4v) is 3.12. The zero-order chi connectivity index (χ0) is 18.8. The Bertz CT molecular complexity index is 596. The number of carbonyl (C=O) groups is 2. The molecule has 1 saturated heterocycles. The molecule has 1 N–H and O–H groups in total. The Morgan fingerprint density at radius 1 is 1.31 bits per heavy atom. The van der Waals surface area contributed by atoms with Gasteiger partial charge in [-0.25, -0.2) is 0 Å². The fourth-order valence-electron chi connectivity index (χ4n) is 3.12. The first-order valence-electron chi connectivity index (χ1n) is 9.18. The molecule has 6 heteroatoms. The van der Waals surface area contributed by atoms with Crippen molar-refractivity contribution in [2.24, 2.45) is 0 Å². The van der Waals surface area contributed by atoms with Gasteiger partial charge in [-0.05, 0) is 50.3 Å². The van der Waals surface area contributed by atoms with E-state index in [1.165, 1.54) is 7.11 Å². The largest absolute Gasteiger partial charge is 0.494 e. The Kier molecular flexibility index (Phi) is 7.91. The van der Waals surface area contributed by atoms with Gasteiger partial charge in [-0.2, -0.15) is 0 Å². The van der Waals surface area contributed by atoms with E-state index >= 15 is 0 Å². The average Bonchev–Trinajstić information content (AvgIpc) is 2.62. The van der Waals surface area contributed by atoms with E-state index in [1.807, 2.05) is 31.2 Å². The number of aryl methyl sites for hydroxylation is 1. The van der Waals surface area contributed by atoms with Crippen LogP contribution in [0.2, 0.25) is 0 Å². The summed E-state index contributed by atoms with van der Waals surface area (Å²) < 4.78 is 15.9. The molecule has 1 amide bonds. The molecule has 1 atom stereocenters. The van der Waals surface area contributed by atoms with Crippen molar-refractivity contribution in [3.05, 3.63) is 29.8 Å². The van der Waals surface area contributed by atoms with Gasteiger partial charge in [0.15, 0.2) is 0 Å². The minimum absolute atomic E-state index is 0.0602. The predicted molar refractivity (Wildman–Crippen MR) is 98.1 cm³/mol. The lowest BCUT2D eigenvalue weighted by molar-refractivity contribution is -0.144. The normalized spacial score (nSPS) is 19.6. The van der Waals surface area contributed by atoms with E-state index in [4.69, 9.17) is 14.2 Å². The van der Waals surface area contributed by atoms with Crippen LogP contribution in [0.1, 0.15) is 44.1 Å². The summed E-state index contributed by atoms with van der Waals surface area (Å²) in [6.45, 7) is 3.61. The molecule has 1 aliphatic rings. The Labute approximate surface area is 155 Å². The number of unbranched alkanes of at least 4 members (excludes halogenated alkanes) is 1. The monoisotopic (exact) mass is 363 g/mol. The molecule has 1 aromatic carbocycles. The van der Waals surface area contributed by atoms with Crippen molar-refractivity contribution in [3.8, 4) is 5.75 Å². The van der Waals surface area contributed by atoms with Crippen LogP contribution in [0.15, 0.2) is 24.3 Å². The van der Waals surface area contributed by atoms with Gasteiger partial charge in [-0.1, -0.05) is 12.1 Å². The number of nitrogens with one attached hydrogen (secondary N) is 1. The standard InChI is InChI=1S/C20H29NO5/c1-16-7-5-8-17(13-16)26-12-4-3-9-18(22)21-20(14-19(23)24-2)10-6-11-25-15-20/h5,7-8,13H,3-4,6,9-12,14-15H2,1-2H3,(H,21,22). The Balaban J connectivity index is 1.71. The van der Waals surface area contributed by atoms with Crippen LogP contribution in [0.4, 0.5) is 0 Å². The number of benzene rings is 1. The van der Waals surface area contributed by atoms with E-state index < -0.39 is 5.54 Å². The van der Waals surface area contributed by atoms with Gasteiger partial charge in [-0.15, -0.1) is 0 Å². The Morgan fingerprint density at radius 2 is 2.15 bits per heavy atom. The molecule has 1 unspecified atom stereocenters. The molecule has 1 aliphatic heterocycles. The zero-order valence-electron chi connectivity index (χ0n) is 15.7. The molecule has 1 aromatic rings. The molecule has 0 radical (unpaired) electrons. The smallest absolute Gasteiger partial charge is 0.307 e. The number of rotatable bonds is 9. The molecule has 6 nitrogen and oxygen atoms in total. The van der Waals surface area contributed by atoms with Gasteiger partial charge >= 0.3 is 5.97 Å². The van der Waals surface area contributed by atoms with Crippen molar-refractivity contribution in [1.82, 2.24) is 5.32 Å². The summed E-state index contributed by atoms with van der Waals surface area (Å²) in [4.78, 5) is 24.0. The third kappa shape index (κ3) is 6.67. The first kappa shape index (κ1) is 20.2. The molecule has 1 fully saturated rings. The van der Waals surface area contributed by atoms with Crippen molar-refractivity contribution in [2.75, 3.05) is 26.9 Å². The number of ether oxygens (including phenoxy) is 3. The van der Waals surface area contributed by atoms with Crippen LogP contribution in [0.5, 0.6) is 5.75 Å². The van der Waals surface area contributed by atoms with Gasteiger partial charge in [0.2, 0.25) is 5.91 Å². The second-order valence-corrected chi connectivity index (χ2v) is 6.86. The van der Waals surface area contributed by atoms with Crippen LogP contribution in [-0.2, 0) is 19.1 Å². The summed E-state index contributed by atoms with van der Waals surface area (Å²) in [7, 11) is 1.36. The molecule has 0 bridgehead atoms. The maximum absolute atomic E-state index is 12.3. The summed E-state index contributed by atoms with van der Waals surface area (Å²) in [5.74, 6) is 0.461. The Morgan fingerprint density at radius 3 is 2.85 bits per heavy atom. The van der Waals surface area contributed by atoms with E-state index in [-0.39, 0.29) is 18.3 Å². The van der Waals surface area contributed by atoms with Crippen LogP contribution >= 0.6 is 0 Å². The minimum Gasteiger partial charge on any atom is -0.494 e. The number of hydrogen-bond donors (Lipinski definition) is 1. The Hall–Kier alpha value is -2.08. The van der Waals surface area contributed by atoms with E-state index in [0.717, 1.165) is 37.0 Å². The highest BCUT2D eigenvalue weighted by Crippen LogP contribution is 2.24. The molecule has 0 spiro atoms. The van der Waals surface area contributed by atoms with Gasteiger partial charge < -0.3 is 19.5 Å². The molecule has 144 valence electrons. The van der Waals surface area contributed by atoms with Gasteiger partial charge in [0.05, 0.1) is 32.3 Å². The van der Waals surface area contributed by atoms with E-state index in [2.05, 4.69) is 5.32 Å².